The van der Waals surface area contributed by atoms with Crippen LogP contribution >= 0.6 is 0 Å². The highest BCUT2D eigenvalue weighted by molar-refractivity contribution is 5.89. The third-order valence-corrected chi connectivity index (χ3v) is 6.77. The number of aliphatic hydroxyl groups excluding tert-OH is 1. The van der Waals surface area contributed by atoms with E-state index in [1.165, 1.54) is 0 Å². The van der Waals surface area contributed by atoms with Crippen LogP contribution in [0.25, 0.3) is 22.1 Å². The van der Waals surface area contributed by atoms with E-state index >= 15 is 0 Å². The average Bonchev–Trinajstić information content (AvgIpc) is 2.97. The summed E-state index contributed by atoms with van der Waals surface area (Å²) >= 11 is 0. The number of aliphatic hydroxyl groups is 1. The second-order valence-corrected chi connectivity index (χ2v) is 10.7. The number of hydrogen-bond donors (Lipinski definition) is 1. The third kappa shape index (κ3) is 9.63. The molecule has 0 amide bonds. The highest BCUT2D eigenvalue weighted by atomic mass is 16.6. The SMILES string of the molecule is C=C(C)C(=O)OCCCCc1c(CCCCOC(O)C(=C)C)ccc2cc(-c3ccc(OC(=O)C(=C)C)cc3)c(=O)oc12. The van der Waals surface area contributed by atoms with Gasteiger partial charge >= 0.3 is 17.6 Å². The first-order chi connectivity index (χ1) is 20.5. The summed E-state index contributed by atoms with van der Waals surface area (Å²) in [5.74, 6) is -0.583. The van der Waals surface area contributed by atoms with E-state index in [1.807, 2.05) is 18.2 Å². The fourth-order valence-electron chi connectivity index (χ4n) is 4.34. The van der Waals surface area contributed by atoms with Crippen LogP contribution in [0.1, 0.15) is 57.6 Å². The van der Waals surface area contributed by atoms with Gasteiger partial charge < -0.3 is 23.7 Å². The molecule has 0 fully saturated rings. The van der Waals surface area contributed by atoms with Gasteiger partial charge in [0.05, 0.1) is 18.8 Å². The minimum absolute atomic E-state index is 0.278. The van der Waals surface area contributed by atoms with Crippen molar-refractivity contribution in [3.05, 3.63) is 100 Å². The molecule has 43 heavy (non-hydrogen) atoms. The maximum atomic E-state index is 13.2. The molecule has 1 atom stereocenters. The van der Waals surface area contributed by atoms with Crippen LogP contribution in [0, 0.1) is 0 Å². The largest absolute Gasteiger partial charge is 0.462 e. The number of aryl methyl sites for hydroxylation is 2. The molecule has 3 rings (SSSR count). The highest BCUT2D eigenvalue weighted by Gasteiger charge is 2.15. The van der Waals surface area contributed by atoms with Crippen LogP contribution < -0.4 is 10.4 Å². The van der Waals surface area contributed by atoms with Gasteiger partial charge in [-0.1, -0.05) is 44.0 Å². The second kappa shape index (κ2) is 15.8. The van der Waals surface area contributed by atoms with Gasteiger partial charge in [-0.3, -0.25) is 0 Å². The molecule has 1 N–H and O–H groups in total. The molecule has 0 spiro atoms. The predicted octanol–water partition coefficient (Wildman–Crippen LogP) is 6.62. The Morgan fingerprint density at radius 2 is 1.51 bits per heavy atom. The Balaban J connectivity index is 1.82. The van der Waals surface area contributed by atoms with E-state index in [0.717, 1.165) is 42.2 Å². The number of rotatable bonds is 16. The van der Waals surface area contributed by atoms with Crippen molar-refractivity contribution < 1.29 is 33.3 Å². The summed E-state index contributed by atoms with van der Waals surface area (Å²) < 4.78 is 21.8. The summed E-state index contributed by atoms with van der Waals surface area (Å²) in [5, 5.41) is 10.6. The number of ether oxygens (including phenoxy) is 3. The molecule has 0 aliphatic heterocycles. The van der Waals surface area contributed by atoms with Crippen molar-refractivity contribution in [2.75, 3.05) is 13.2 Å². The van der Waals surface area contributed by atoms with Gasteiger partial charge in [0.15, 0.2) is 6.29 Å². The van der Waals surface area contributed by atoms with Crippen LogP contribution in [-0.4, -0.2) is 36.5 Å². The third-order valence-electron chi connectivity index (χ3n) is 6.77. The van der Waals surface area contributed by atoms with Gasteiger partial charge in [0.25, 0.3) is 0 Å². The van der Waals surface area contributed by atoms with E-state index in [1.54, 1.807) is 45.0 Å². The van der Waals surface area contributed by atoms with Gasteiger partial charge in [0.2, 0.25) is 0 Å². The predicted molar refractivity (Wildman–Crippen MR) is 167 cm³/mol. The summed E-state index contributed by atoms with van der Waals surface area (Å²) in [4.78, 5) is 36.7. The molecule has 0 radical (unpaired) electrons. The lowest BCUT2D eigenvalue weighted by Crippen LogP contribution is -2.13. The van der Waals surface area contributed by atoms with E-state index in [4.69, 9.17) is 18.6 Å². The molecule has 0 saturated heterocycles. The van der Waals surface area contributed by atoms with Crippen LogP contribution in [0.3, 0.4) is 0 Å². The van der Waals surface area contributed by atoms with Gasteiger partial charge in [0, 0.05) is 16.5 Å². The second-order valence-electron chi connectivity index (χ2n) is 10.7. The van der Waals surface area contributed by atoms with E-state index in [2.05, 4.69) is 19.7 Å². The summed E-state index contributed by atoms with van der Waals surface area (Å²) in [6, 6.07) is 12.4. The number of hydrogen-bond acceptors (Lipinski definition) is 8. The zero-order chi connectivity index (χ0) is 31.5. The van der Waals surface area contributed by atoms with Crippen molar-refractivity contribution >= 4 is 22.9 Å². The molecule has 8 nitrogen and oxygen atoms in total. The average molecular weight is 589 g/mol. The molecule has 1 heterocycles. The first-order valence-electron chi connectivity index (χ1n) is 14.3. The number of esters is 2. The highest BCUT2D eigenvalue weighted by Crippen LogP contribution is 2.29. The quantitative estimate of drug-likeness (QED) is 0.0378. The molecule has 228 valence electrons. The molecule has 0 saturated carbocycles. The molecule has 2 aromatic carbocycles. The van der Waals surface area contributed by atoms with Crippen molar-refractivity contribution in [2.24, 2.45) is 0 Å². The Kier molecular flexibility index (Phi) is 12.2. The molecule has 0 aliphatic rings. The lowest BCUT2D eigenvalue weighted by Gasteiger charge is -2.14. The van der Waals surface area contributed by atoms with Gasteiger partial charge in [-0.25, -0.2) is 14.4 Å². The van der Waals surface area contributed by atoms with Crippen molar-refractivity contribution in [3.63, 3.8) is 0 Å². The number of unbranched alkanes of at least 4 members (excludes halogenated alkanes) is 2. The van der Waals surface area contributed by atoms with Crippen LogP contribution in [0.4, 0.5) is 0 Å². The van der Waals surface area contributed by atoms with Gasteiger partial charge in [-0.15, -0.1) is 0 Å². The van der Waals surface area contributed by atoms with Gasteiger partial charge in [0.1, 0.15) is 11.3 Å². The van der Waals surface area contributed by atoms with E-state index < -0.39 is 23.9 Å². The Labute approximate surface area is 252 Å². The topological polar surface area (TPSA) is 112 Å². The van der Waals surface area contributed by atoms with Crippen LogP contribution in [0.2, 0.25) is 0 Å². The van der Waals surface area contributed by atoms with Crippen molar-refractivity contribution in [1.29, 1.82) is 0 Å². The van der Waals surface area contributed by atoms with Crippen molar-refractivity contribution in [3.8, 4) is 16.9 Å². The van der Waals surface area contributed by atoms with E-state index in [-0.39, 0.29) is 12.2 Å². The summed E-state index contributed by atoms with van der Waals surface area (Å²) in [6.45, 7) is 16.4. The maximum Gasteiger partial charge on any atom is 0.344 e. The minimum Gasteiger partial charge on any atom is -0.462 e. The number of carbonyl (C=O) groups is 2. The molecule has 0 bridgehead atoms. The number of benzene rings is 2. The molecule has 8 heteroatoms. The smallest absolute Gasteiger partial charge is 0.344 e. The van der Waals surface area contributed by atoms with Crippen LogP contribution in [0.5, 0.6) is 5.75 Å². The fraction of sp³-hybridized carbons (Fsp3) is 0.343. The van der Waals surface area contributed by atoms with E-state index in [0.29, 0.717) is 53.1 Å². The lowest BCUT2D eigenvalue weighted by atomic mass is 9.94. The minimum atomic E-state index is -0.971. The number of fused-ring (bicyclic) bond motifs is 1. The Hall–Kier alpha value is -4.27. The zero-order valence-corrected chi connectivity index (χ0v) is 25.2. The van der Waals surface area contributed by atoms with Crippen molar-refractivity contribution in [2.45, 2.75) is 65.6 Å². The maximum absolute atomic E-state index is 13.2. The van der Waals surface area contributed by atoms with Gasteiger partial charge in [-0.2, -0.15) is 0 Å². The zero-order valence-electron chi connectivity index (χ0n) is 25.2. The summed E-state index contributed by atoms with van der Waals surface area (Å²) in [6.07, 6.45) is 3.31. The van der Waals surface area contributed by atoms with Crippen LogP contribution in [0.15, 0.2) is 88.1 Å². The molecular weight excluding hydrogens is 548 g/mol. The molecule has 0 aliphatic carbocycles. The molecule has 1 aromatic heterocycles. The summed E-state index contributed by atoms with van der Waals surface area (Å²) in [7, 11) is 0. The Bertz CT molecular complexity index is 1540. The Morgan fingerprint density at radius 3 is 2.16 bits per heavy atom. The monoisotopic (exact) mass is 588 g/mol. The molecule has 3 aromatic rings. The first-order valence-corrected chi connectivity index (χ1v) is 14.3. The van der Waals surface area contributed by atoms with E-state index in [9.17, 15) is 19.5 Å². The first kappa shape index (κ1) is 33.2. The van der Waals surface area contributed by atoms with Crippen molar-refractivity contribution in [1.82, 2.24) is 0 Å². The van der Waals surface area contributed by atoms with Crippen LogP contribution in [-0.2, 0) is 31.9 Å². The summed E-state index contributed by atoms with van der Waals surface area (Å²) in [5.41, 5.74) is 4.29. The van der Waals surface area contributed by atoms with Gasteiger partial charge in [-0.05, 0) is 99.8 Å². The Morgan fingerprint density at radius 1 is 0.860 bits per heavy atom. The molecule has 1 unspecified atom stereocenters. The standard InChI is InChI=1S/C35H40O8/c1-22(2)32(36)40-19-9-7-11-25-13-14-27-21-30(26-15-17-28(18-16-26)42-34(38)24(5)6)35(39)43-31(27)29(25)12-8-10-20-41-33(37)23(3)4/h13-18,21,32,36H,1,3,5,7-12,19-20H2,2,4,6H3. The lowest BCUT2D eigenvalue weighted by molar-refractivity contribution is -0.139. The normalized spacial score (nSPS) is 11.6. The fourth-order valence-corrected chi connectivity index (χ4v) is 4.34. The number of carbonyl (C=O) groups excluding carboxylic acids is 2. The molecular formula is C35H40O8.